The number of carbonyl (C=O) groups excluding carboxylic acids is 1. The maximum atomic E-state index is 11.9. The molecular formula is C16H18N2O2. The summed E-state index contributed by atoms with van der Waals surface area (Å²) in [5, 5.41) is 2.88. The Labute approximate surface area is 118 Å². The summed E-state index contributed by atoms with van der Waals surface area (Å²) in [6.07, 6.45) is 3.19. The van der Waals surface area contributed by atoms with Crippen LogP contribution < -0.4 is 10.1 Å². The molecule has 0 aliphatic heterocycles. The van der Waals surface area contributed by atoms with Crippen molar-refractivity contribution in [2.45, 2.75) is 19.9 Å². The number of ether oxygens (including phenoxy) is 1. The number of carbonyl (C=O) groups is 1. The van der Waals surface area contributed by atoms with E-state index in [1.54, 1.807) is 24.5 Å². The molecule has 4 nitrogen and oxygen atoms in total. The Kier molecular flexibility index (Phi) is 4.71. The van der Waals surface area contributed by atoms with Crippen LogP contribution in [-0.4, -0.2) is 23.5 Å². The average Bonchev–Trinajstić information content (AvgIpc) is 2.47. The molecule has 0 fully saturated rings. The molecule has 0 unspecified atom stereocenters. The molecule has 1 aromatic heterocycles. The van der Waals surface area contributed by atoms with Crippen LogP contribution in [0.4, 0.5) is 0 Å². The molecule has 0 bridgehead atoms. The van der Waals surface area contributed by atoms with Gasteiger partial charge < -0.3 is 10.1 Å². The molecule has 0 aliphatic carbocycles. The van der Waals surface area contributed by atoms with Crippen molar-refractivity contribution in [3.05, 3.63) is 59.9 Å². The molecule has 2 aromatic rings. The first-order chi connectivity index (χ1) is 9.66. The first-order valence-corrected chi connectivity index (χ1v) is 6.56. The van der Waals surface area contributed by atoms with Gasteiger partial charge in [-0.05, 0) is 37.6 Å². The molecule has 104 valence electrons. The lowest BCUT2D eigenvalue weighted by atomic mass is 10.2. The fraction of sp³-hybridized carbons (Fsp3) is 0.250. The predicted octanol–water partition coefficient (Wildman–Crippen LogP) is 2.59. The van der Waals surface area contributed by atoms with E-state index in [4.69, 9.17) is 4.74 Å². The van der Waals surface area contributed by atoms with Gasteiger partial charge in [-0.15, -0.1) is 0 Å². The van der Waals surface area contributed by atoms with Gasteiger partial charge in [0.1, 0.15) is 12.4 Å². The van der Waals surface area contributed by atoms with E-state index in [1.165, 1.54) is 0 Å². The highest BCUT2D eigenvalue weighted by atomic mass is 16.5. The zero-order valence-electron chi connectivity index (χ0n) is 11.7. The van der Waals surface area contributed by atoms with Crippen molar-refractivity contribution >= 4 is 5.91 Å². The van der Waals surface area contributed by atoms with E-state index in [-0.39, 0.29) is 11.9 Å². The summed E-state index contributed by atoms with van der Waals surface area (Å²) in [5.41, 5.74) is 1.63. The van der Waals surface area contributed by atoms with Crippen molar-refractivity contribution in [3.63, 3.8) is 0 Å². The Morgan fingerprint density at radius 3 is 2.80 bits per heavy atom. The summed E-state index contributed by atoms with van der Waals surface area (Å²) >= 11 is 0. The van der Waals surface area contributed by atoms with Crippen LogP contribution in [0.15, 0.2) is 48.8 Å². The number of amides is 1. The summed E-state index contributed by atoms with van der Waals surface area (Å²) < 4.78 is 5.70. The standard InChI is InChI=1S/C16H18N2O2/c1-12-6-3-4-8-15(12)20-11-13(2)18-16(19)14-7-5-9-17-10-14/h3-10,13H,11H2,1-2H3,(H,18,19)/t13-/m0/s1. The normalized spacial score (nSPS) is 11.7. The fourth-order valence-electron chi connectivity index (χ4n) is 1.78. The van der Waals surface area contributed by atoms with Crippen LogP contribution in [0.1, 0.15) is 22.8 Å². The molecule has 0 spiro atoms. The van der Waals surface area contributed by atoms with E-state index in [0.29, 0.717) is 12.2 Å². The Morgan fingerprint density at radius 2 is 2.10 bits per heavy atom. The van der Waals surface area contributed by atoms with Gasteiger partial charge in [0.2, 0.25) is 0 Å². The van der Waals surface area contributed by atoms with Gasteiger partial charge in [0, 0.05) is 12.4 Å². The van der Waals surface area contributed by atoms with Gasteiger partial charge in [-0.2, -0.15) is 0 Å². The minimum atomic E-state index is -0.140. The molecule has 1 heterocycles. The second kappa shape index (κ2) is 6.70. The fourth-order valence-corrected chi connectivity index (χ4v) is 1.78. The molecule has 20 heavy (non-hydrogen) atoms. The smallest absolute Gasteiger partial charge is 0.253 e. The molecule has 0 aliphatic rings. The number of para-hydroxylation sites is 1. The Bertz CT molecular complexity index is 570. The molecule has 1 N–H and O–H groups in total. The lowest BCUT2D eigenvalue weighted by Gasteiger charge is -2.16. The molecule has 0 saturated heterocycles. The van der Waals surface area contributed by atoms with Gasteiger partial charge >= 0.3 is 0 Å². The van der Waals surface area contributed by atoms with E-state index in [0.717, 1.165) is 11.3 Å². The predicted molar refractivity (Wildman–Crippen MR) is 77.8 cm³/mol. The second-order valence-electron chi connectivity index (χ2n) is 4.69. The number of nitrogens with zero attached hydrogens (tertiary/aromatic N) is 1. The van der Waals surface area contributed by atoms with Gasteiger partial charge in [-0.25, -0.2) is 0 Å². The quantitative estimate of drug-likeness (QED) is 0.908. The van der Waals surface area contributed by atoms with Crippen molar-refractivity contribution in [2.24, 2.45) is 0 Å². The lowest BCUT2D eigenvalue weighted by Crippen LogP contribution is -2.36. The second-order valence-corrected chi connectivity index (χ2v) is 4.69. The third-order valence-corrected chi connectivity index (χ3v) is 2.88. The van der Waals surface area contributed by atoms with Crippen molar-refractivity contribution in [1.82, 2.24) is 10.3 Å². The third-order valence-electron chi connectivity index (χ3n) is 2.88. The van der Waals surface area contributed by atoms with Crippen LogP contribution in [0.25, 0.3) is 0 Å². The molecule has 0 saturated carbocycles. The van der Waals surface area contributed by atoms with Crippen LogP contribution in [0, 0.1) is 6.92 Å². The van der Waals surface area contributed by atoms with Crippen LogP contribution in [0.5, 0.6) is 5.75 Å². The third kappa shape index (κ3) is 3.82. The summed E-state index contributed by atoms with van der Waals surface area (Å²) in [4.78, 5) is 15.9. The van der Waals surface area contributed by atoms with E-state index < -0.39 is 0 Å². The first kappa shape index (κ1) is 14.1. The highest BCUT2D eigenvalue weighted by Crippen LogP contribution is 2.16. The van der Waals surface area contributed by atoms with Crippen LogP contribution >= 0.6 is 0 Å². The van der Waals surface area contributed by atoms with Crippen LogP contribution in [0.2, 0.25) is 0 Å². The van der Waals surface area contributed by atoms with Crippen molar-refractivity contribution in [2.75, 3.05) is 6.61 Å². The molecule has 1 atom stereocenters. The number of pyridine rings is 1. The van der Waals surface area contributed by atoms with E-state index in [9.17, 15) is 4.79 Å². The molecule has 2 rings (SSSR count). The largest absolute Gasteiger partial charge is 0.491 e. The number of aryl methyl sites for hydroxylation is 1. The Balaban J connectivity index is 1.86. The maximum absolute atomic E-state index is 11.9. The minimum absolute atomic E-state index is 0.0812. The zero-order chi connectivity index (χ0) is 14.4. The van der Waals surface area contributed by atoms with Crippen molar-refractivity contribution in [3.8, 4) is 5.75 Å². The minimum Gasteiger partial charge on any atom is -0.491 e. The number of benzene rings is 1. The number of hydrogen-bond donors (Lipinski definition) is 1. The van der Waals surface area contributed by atoms with Crippen molar-refractivity contribution in [1.29, 1.82) is 0 Å². The van der Waals surface area contributed by atoms with Gasteiger partial charge in [0.05, 0.1) is 11.6 Å². The highest BCUT2D eigenvalue weighted by Gasteiger charge is 2.10. The summed E-state index contributed by atoms with van der Waals surface area (Å²) in [6.45, 7) is 4.33. The number of aromatic nitrogens is 1. The number of hydrogen-bond acceptors (Lipinski definition) is 3. The first-order valence-electron chi connectivity index (χ1n) is 6.56. The van der Waals surface area contributed by atoms with E-state index in [2.05, 4.69) is 10.3 Å². The lowest BCUT2D eigenvalue weighted by molar-refractivity contribution is 0.0926. The topological polar surface area (TPSA) is 51.2 Å². The van der Waals surface area contributed by atoms with Crippen molar-refractivity contribution < 1.29 is 9.53 Å². The van der Waals surface area contributed by atoms with Gasteiger partial charge in [0.25, 0.3) is 5.91 Å². The van der Waals surface area contributed by atoms with E-state index >= 15 is 0 Å². The molecule has 0 radical (unpaired) electrons. The van der Waals surface area contributed by atoms with Crippen LogP contribution in [0.3, 0.4) is 0 Å². The summed E-state index contributed by atoms with van der Waals surface area (Å²) in [5.74, 6) is 0.703. The van der Waals surface area contributed by atoms with Gasteiger partial charge in [0.15, 0.2) is 0 Å². The zero-order valence-corrected chi connectivity index (χ0v) is 11.7. The summed E-state index contributed by atoms with van der Waals surface area (Å²) in [6, 6.07) is 11.2. The highest BCUT2D eigenvalue weighted by molar-refractivity contribution is 5.93. The molecule has 1 aromatic carbocycles. The summed E-state index contributed by atoms with van der Waals surface area (Å²) in [7, 11) is 0. The molecule has 1 amide bonds. The van der Waals surface area contributed by atoms with Gasteiger partial charge in [-0.1, -0.05) is 18.2 Å². The number of rotatable bonds is 5. The maximum Gasteiger partial charge on any atom is 0.253 e. The number of nitrogens with one attached hydrogen (secondary N) is 1. The van der Waals surface area contributed by atoms with Crippen LogP contribution in [-0.2, 0) is 0 Å². The monoisotopic (exact) mass is 270 g/mol. The molecule has 4 heteroatoms. The van der Waals surface area contributed by atoms with E-state index in [1.807, 2.05) is 38.1 Å². The SMILES string of the molecule is Cc1ccccc1OC[C@H](C)NC(=O)c1cccnc1. The molecular weight excluding hydrogens is 252 g/mol. The van der Waals surface area contributed by atoms with Gasteiger partial charge in [-0.3, -0.25) is 9.78 Å². The Morgan fingerprint density at radius 1 is 1.30 bits per heavy atom. The Hall–Kier alpha value is -2.36. The average molecular weight is 270 g/mol.